The summed E-state index contributed by atoms with van der Waals surface area (Å²) < 4.78 is 13.1. The molecular formula is C14H10FN3S. The van der Waals surface area contributed by atoms with Crippen molar-refractivity contribution >= 4 is 22.2 Å². The lowest BCUT2D eigenvalue weighted by Gasteiger charge is -1.99. The van der Waals surface area contributed by atoms with Crippen LogP contribution in [-0.2, 0) is 0 Å². The van der Waals surface area contributed by atoms with Crippen LogP contribution in [0.5, 0.6) is 0 Å². The lowest BCUT2D eigenvalue weighted by atomic mass is 10.2. The molecule has 0 saturated heterocycles. The largest absolute Gasteiger partial charge is 0.330 e. The highest BCUT2D eigenvalue weighted by Gasteiger charge is 2.07. The quantitative estimate of drug-likeness (QED) is 0.779. The summed E-state index contributed by atoms with van der Waals surface area (Å²) in [6, 6.07) is 16.1. The Morgan fingerprint density at radius 1 is 0.947 bits per heavy atom. The van der Waals surface area contributed by atoms with Crippen LogP contribution < -0.4 is 5.32 Å². The molecule has 3 aromatic rings. The number of halogens is 1. The van der Waals surface area contributed by atoms with Crippen LogP contribution in [0.3, 0.4) is 0 Å². The van der Waals surface area contributed by atoms with Crippen molar-refractivity contribution in [2.75, 3.05) is 5.32 Å². The lowest BCUT2D eigenvalue weighted by Crippen LogP contribution is -1.87. The molecule has 0 atom stereocenters. The van der Waals surface area contributed by atoms with E-state index in [-0.39, 0.29) is 5.82 Å². The van der Waals surface area contributed by atoms with Gasteiger partial charge in [0.1, 0.15) is 10.8 Å². The highest BCUT2D eigenvalue weighted by Crippen LogP contribution is 2.28. The van der Waals surface area contributed by atoms with Gasteiger partial charge in [0.25, 0.3) is 0 Å². The Kier molecular flexibility index (Phi) is 3.20. The van der Waals surface area contributed by atoms with Crippen molar-refractivity contribution in [1.82, 2.24) is 10.2 Å². The maximum Gasteiger partial charge on any atom is 0.210 e. The first-order valence-electron chi connectivity index (χ1n) is 5.73. The third kappa shape index (κ3) is 2.77. The maximum absolute atomic E-state index is 13.1. The van der Waals surface area contributed by atoms with Gasteiger partial charge in [-0.15, -0.1) is 10.2 Å². The molecule has 2 aromatic carbocycles. The van der Waals surface area contributed by atoms with E-state index in [0.29, 0.717) is 10.1 Å². The molecule has 0 spiro atoms. The van der Waals surface area contributed by atoms with Crippen LogP contribution in [0, 0.1) is 5.82 Å². The van der Waals surface area contributed by atoms with Gasteiger partial charge in [0.15, 0.2) is 0 Å². The molecule has 5 heteroatoms. The number of hydrogen-bond donors (Lipinski definition) is 1. The van der Waals surface area contributed by atoms with Gasteiger partial charge in [-0.1, -0.05) is 41.7 Å². The molecule has 1 heterocycles. The average Bonchev–Trinajstić information content (AvgIpc) is 2.88. The molecule has 3 rings (SSSR count). The fourth-order valence-electron chi connectivity index (χ4n) is 1.66. The number of nitrogens with zero attached hydrogens (tertiary/aromatic N) is 2. The summed E-state index contributed by atoms with van der Waals surface area (Å²) in [5, 5.41) is 12.7. The van der Waals surface area contributed by atoms with Crippen LogP contribution >= 0.6 is 11.3 Å². The molecule has 0 unspecified atom stereocenters. The minimum atomic E-state index is -0.273. The number of aromatic nitrogens is 2. The molecule has 0 aliphatic heterocycles. The molecule has 0 saturated carbocycles. The van der Waals surface area contributed by atoms with E-state index in [1.54, 1.807) is 6.07 Å². The maximum atomic E-state index is 13.1. The Labute approximate surface area is 113 Å². The van der Waals surface area contributed by atoms with Gasteiger partial charge < -0.3 is 5.32 Å². The molecule has 0 fully saturated rings. The average molecular weight is 271 g/mol. The molecule has 1 N–H and O–H groups in total. The number of nitrogens with one attached hydrogen (secondary N) is 1. The second kappa shape index (κ2) is 5.16. The summed E-state index contributed by atoms with van der Waals surface area (Å²) in [6.45, 7) is 0. The lowest BCUT2D eigenvalue weighted by molar-refractivity contribution is 0.628. The molecule has 0 aliphatic rings. The topological polar surface area (TPSA) is 37.8 Å². The Morgan fingerprint density at radius 3 is 2.58 bits per heavy atom. The monoisotopic (exact) mass is 271 g/mol. The van der Waals surface area contributed by atoms with E-state index in [4.69, 9.17) is 0 Å². The zero-order valence-electron chi connectivity index (χ0n) is 9.88. The molecule has 3 nitrogen and oxygen atoms in total. The van der Waals surface area contributed by atoms with Crippen molar-refractivity contribution in [1.29, 1.82) is 0 Å². The number of rotatable bonds is 3. The zero-order valence-corrected chi connectivity index (χ0v) is 10.7. The van der Waals surface area contributed by atoms with E-state index < -0.39 is 0 Å². The van der Waals surface area contributed by atoms with E-state index in [1.807, 2.05) is 36.4 Å². The molecule has 19 heavy (non-hydrogen) atoms. The standard InChI is InChI=1S/C14H10FN3S/c15-11-6-4-5-10(9-11)13-17-18-14(19-13)16-12-7-2-1-3-8-12/h1-9H,(H,16,18). The van der Waals surface area contributed by atoms with Gasteiger partial charge in [0.05, 0.1) is 0 Å². The van der Waals surface area contributed by atoms with Gasteiger partial charge in [-0.3, -0.25) is 0 Å². The van der Waals surface area contributed by atoms with Crippen molar-refractivity contribution in [3.05, 3.63) is 60.4 Å². The van der Waals surface area contributed by atoms with Crippen molar-refractivity contribution in [2.24, 2.45) is 0 Å². The second-order valence-corrected chi connectivity index (χ2v) is 4.89. The fraction of sp³-hybridized carbons (Fsp3) is 0. The summed E-state index contributed by atoms with van der Waals surface area (Å²) in [5.74, 6) is -0.273. The summed E-state index contributed by atoms with van der Waals surface area (Å²) in [5.41, 5.74) is 1.68. The Morgan fingerprint density at radius 2 is 1.79 bits per heavy atom. The van der Waals surface area contributed by atoms with Gasteiger partial charge in [-0.25, -0.2) is 4.39 Å². The number of hydrogen-bond acceptors (Lipinski definition) is 4. The molecular weight excluding hydrogens is 261 g/mol. The minimum Gasteiger partial charge on any atom is -0.330 e. The van der Waals surface area contributed by atoms with Crippen molar-refractivity contribution in [2.45, 2.75) is 0 Å². The van der Waals surface area contributed by atoms with Crippen LogP contribution in [0.15, 0.2) is 54.6 Å². The Hall–Kier alpha value is -2.27. The highest BCUT2D eigenvalue weighted by molar-refractivity contribution is 7.18. The molecule has 0 radical (unpaired) electrons. The van der Waals surface area contributed by atoms with Gasteiger partial charge in [0.2, 0.25) is 5.13 Å². The summed E-state index contributed by atoms with van der Waals surface area (Å²) >= 11 is 1.39. The van der Waals surface area contributed by atoms with Gasteiger partial charge in [0, 0.05) is 11.3 Å². The molecule has 1 aromatic heterocycles. The second-order valence-electron chi connectivity index (χ2n) is 3.91. The van der Waals surface area contributed by atoms with Crippen LogP contribution in [0.4, 0.5) is 15.2 Å². The predicted molar refractivity (Wildman–Crippen MR) is 75.0 cm³/mol. The third-order valence-corrected chi connectivity index (χ3v) is 3.41. The highest BCUT2D eigenvalue weighted by atomic mass is 32.1. The first-order valence-corrected chi connectivity index (χ1v) is 6.54. The van der Waals surface area contributed by atoms with E-state index in [2.05, 4.69) is 15.5 Å². The fourth-order valence-corrected chi connectivity index (χ4v) is 2.42. The van der Waals surface area contributed by atoms with Crippen LogP contribution in [0.25, 0.3) is 10.6 Å². The number of anilines is 2. The van der Waals surface area contributed by atoms with Crippen molar-refractivity contribution in [3.63, 3.8) is 0 Å². The molecule has 94 valence electrons. The smallest absolute Gasteiger partial charge is 0.210 e. The normalized spacial score (nSPS) is 10.4. The predicted octanol–water partition coefficient (Wildman–Crippen LogP) is 4.09. The first-order chi connectivity index (χ1) is 9.31. The SMILES string of the molecule is Fc1cccc(-c2nnc(Nc3ccccc3)s2)c1. The summed E-state index contributed by atoms with van der Waals surface area (Å²) in [4.78, 5) is 0. The van der Waals surface area contributed by atoms with Gasteiger partial charge in [-0.2, -0.15) is 0 Å². The summed E-state index contributed by atoms with van der Waals surface area (Å²) in [7, 11) is 0. The van der Waals surface area contributed by atoms with Crippen molar-refractivity contribution < 1.29 is 4.39 Å². The first kappa shape index (κ1) is 11.8. The molecule has 0 bridgehead atoms. The third-order valence-electron chi connectivity index (χ3n) is 2.52. The molecule has 0 amide bonds. The van der Waals surface area contributed by atoms with E-state index >= 15 is 0 Å². The molecule has 0 aliphatic carbocycles. The van der Waals surface area contributed by atoms with E-state index in [9.17, 15) is 4.39 Å². The van der Waals surface area contributed by atoms with Crippen LogP contribution in [-0.4, -0.2) is 10.2 Å². The minimum absolute atomic E-state index is 0.273. The number of para-hydroxylation sites is 1. The van der Waals surface area contributed by atoms with Gasteiger partial charge in [-0.05, 0) is 24.3 Å². The summed E-state index contributed by atoms with van der Waals surface area (Å²) in [6.07, 6.45) is 0. The van der Waals surface area contributed by atoms with E-state index in [0.717, 1.165) is 11.3 Å². The van der Waals surface area contributed by atoms with Crippen molar-refractivity contribution in [3.8, 4) is 10.6 Å². The van der Waals surface area contributed by atoms with E-state index in [1.165, 1.54) is 23.5 Å². The van der Waals surface area contributed by atoms with Crippen LogP contribution in [0.1, 0.15) is 0 Å². The number of benzene rings is 2. The zero-order chi connectivity index (χ0) is 13.1. The van der Waals surface area contributed by atoms with Crippen LogP contribution in [0.2, 0.25) is 0 Å². The van der Waals surface area contributed by atoms with Gasteiger partial charge >= 0.3 is 0 Å². The Bertz CT molecular complexity index is 682. The Balaban J connectivity index is 1.84.